The Labute approximate surface area is 129 Å². The highest BCUT2D eigenvalue weighted by atomic mass is 19.4. The average molecular weight is 329 g/mol. The summed E-state index contributed by atoms with van der Waals surface area (Å²) in [5, 5.41) is 1.99. The monoisotopic (exact) mass is 329 g/mol. The number of anilines is 1. The maximum absolute atomic E-state index is 13.5. The number of rotatable bonds is 2. The van der Waals surface area contributed by atoms with E-state index in [1.165, 1.54) is 6.07 Å². The van der Waals surface area contributed by atoms with Crippen molar-refractivity contribution in [2.45, 2.75) is 6.18 Å². The first-order chi connectivity index (χ1) is 10.8. The minimum atomic E-state index is -4.67. The highest BCUT2D eigenvalue weighted by Gasteiger charge is 2.35. The van der Waals surface area contributed by atoms with Crippen molar-refractivity contribution in [1.82, 2.24) is 19.9 Å². The number of benzene rings is 1. The Kier molecular flexibility index (Phi) is 4.07. The molecule has 1 aliphatic rings. The molecule has 0 saturated carbocycles. The van der Waals surface area contributed by atoms with E-state index in [-0.39, 0.29) is 16.7 Å². The molecule has 3 rings (SSSR count). The minimum Gasteiger partial charge on any atom is -0.304 e. The number of hydrogen-bond donors (Lipinski definition) is 1. The van der Waals surface area contributed by atoms with Crippen LogP contribution in [0.5, 0.6) is 0 Å². The summed E-state index contributed by atoms with van der Waals surface area (Å²) in [7, 11) is 1.97. The minimum absolute atomic E-state index is 0.0358. The number of halogens is 4. The molecule has 0 aliphatic carbocycles. The highest BCUT2D eigenvalue weighted by Crippen LogP contribution is 2.30. The number of hydrazine groups is 1. The molecular formula is C14H15F4N5. The average Bonchev–Trinajstić information content (AvgIpc) is 2.49. The van der Waals surface area contributed by atoms with Crippen LogP contribution in [0.1, 0.15) is 5.82 Å². The number of aromatic nitrogens is 2. The van der Waals surface area contributed by atoms with Crippen LogP contribution in [0, 0.1) is 5.82 Å². The lowest BCUT2D eigenvalue weighted by molar-refractivity contribution is -0.144. The van der Waals surface area contributed by atoms with Crippen molar-refractivity contribution in [2.75, 3.05) is 38.7 Å². The number of nitrogens with one attached hydrogen (secondary N) is 1. The van der Waals surface area contributed by atoms with Gasteiger partial charge in [-0.05, 0) is 25.2 Å². The third-order valence-corrected chi connectivity index (χ3v) is 3.68. The summed E-state index contributed by atoms with van der Waals surface area (Å²) in [6.45, 7) is 2.80. The van der Waals surface area contributed by atoms with E-state index in [1.54, 1.807) is 5.01 Å². The predicted molar refractivity (Wildman–Crippen MR) is 77.2 cm³/mol. The van der Waals surface area contributed by atoms with E-state index in [2.05, 4.69) is 20.3 Å². The Hall–Kier alpha value is -2.00. The second-order valence-electron chi connectivity index (χ2n) is 5.46. The smallest absolute Gasteiger partial charge is 0.304 e. The fourth-order valence-corrected chi connectivity index (χ4v) is 2.38. The summed E-state index contributed by atoms with van der Waals surface area (Å²) in [5.41, 5.74) is 2.92. The van der Waals surface area contributed by atoms with Crippen LogP contribution in [0.4, 0.5) is 23.4 Å². The van der Waals surface area contributed by atoms with Gasteiger partial charge in [0.25, 0.3) is 0 Å². The number of likely N-dealkylation sites (N-methyl/N-ethyl adjacent to an activating group) is 1. The van der Waals surface area contributed by atoms with Crippen LogP contribution in [-0.4, -0.2) is 53.1 Å². The van der Waals surface area contributed by atoms with Gasteiger partial charge >= 0.3 is 6.18 Å². The lowest BCUT2D eigenvalue weighted by Gasteiger charge is -2.33. The lowest BCUT2D eigenvalue weighted by Crippen LogP contribution is -2.47. The van der Waals surface area contributed by atoms with E-state index in [9.17, 15) is 17.6 Å². The van der Waals surface area contributed by atoms with Gasteiger partial charge in [0, 0.05) is 31.6 Å². The lowest BCUT2D eigenvalue weighted by atomic mass is 10.2. The number of fused-ring (bicyclic) bond motifs is 1. The van der Waals surface area contributed by atoms with Gasteiger partial charge in [-0.15, -0.1) is 0 Å². The van der Waals surface area contributed by atoms with Gasteiger partial charge in [0.15, 0.2) is 5.82 Å². The molecule has 0 atom stereocenters. The van der Waals surface area contributed by atoms with E-state index in [4.69, 9.17) is 0 Å². The summed E-state index contributed by atoms with van der Waals surface area (Å²) in [4.78, 5) is 9.15. The van der Waals surface area contributed by atoms with Gasteiger partial charge in [-0.25, -0.2) is 19.4 Å². The Morgan fingerprint density at radius 1 is 1.09 bits per heavy atom. The quantitative estimate of drug-likeness (QED) is 0.857. The zero-order chi connectivity index (χ0) is 16.6. The molecule has 23 heavy (non-hydrogen) atoms. The van der Waals surface area contributed by atoms with Crippen molar-refractivity contribution in [1.29, 1.82) is 0 Å². The number of alkyl halides is 3. The molecule has 9 heteroatoms. The van der Waals surface area contributed by atoms with E-state index >= 15 is 0 Å². The molecule has 0 unspecified atom stereocenters. The first kappa shape index (κ1) is 15.9. The molecule has 1 N–H and O–H groups in total. The molecular weight excluding hydrogens is 314 g/mol. The molecule has 1 fully saturated rings. The van der Waals surface area contributed by atoms with Crippen LogP contribution in [0.2, 0.25) is 0 Å². The van der Waals surface area contributed by atoms with Gasteiger partial charge in [-0.2, -0.15) is 13.2 Å². The predicted octanol–water partition coefficient (Wildman–Crippen LogP) is 2.36. The molecule has 1 saturated heterocycles. The molecule has 5 nitrogen and oxygen atoms in total. The molecule has 1 aromatic heterocycles. The maximum Gasteiger partial charge on any atom is 0.451 e. The molecule has 0 bridgehead atoms. The van der Waals surface area contributed by atoms with Crippen molar-refractivity contribution < 1.29 is 17.6 Å². The van der Waals surface area contributed by atoms with Crippen molar-refractivity contribution in [3.8, 4) is 0 Å². The fourth-order valence-electron chi connectivity index (χ4n) is 2.38. The van der Waals surface area contributed by atoms with Crippen molar-refractivity contribution in [2.24, 2.45) is 0 Å². The van der Waals surface area contributed by atoms with Gasteiger partial charge in [-0.3, -0.25) is 0 Å². The number of nitrogens with zero attached hydrogens (tertiary/aromatic N) is 4. The Balaban J connectivity index is 2.00. The molecule has 1 aliphatic heterocycles. The van der Waals surface area contributed by atoms with E-state index in [0.717, 1.165) is 25.2 Å². The van der Waals surface area contributed by atoms with Crippen LogP contribution < -0.4 is 5.43 Å². The first-order valence-electron chi connectivity index (χ1n) is 7.07. The van der Waals surface area contributed by atoms with Gasteiger partial charge in [0.2, 0.25) is 5.82 Å². The first-order valence-corrected chi connectivity index (χ1v) is 7.07. The van der Waals surface area contributed by atoms with Crippen LogP contribution >= 0.6 is 0 Å². The molecule has 2 heterocycles. The molecule has 1 aromatic carbocycles. The molecule has 0 radical (unpaired) electrons. The SMILES string of the molecule is CN1CCN(Nc2nc(C(F)(F)F)nc3ccc(F)cc23)CC1. The molecule has 0 amide bonds. The number of piperazine rings is 1. The zero-order valence-electron chi connectivity index (χ0n) is 12.4. The highest BCUT2D eigenvalue weighted by molar-refractivity contribution is 5.89. The van der Waals surface area contributed by atoms with Gasteiger partial charge < -0.3 is 10.3 Å². The van der Waals surface area contributed by atoms with E-state index < -0.39 is 17.8 Å². The Bertz CT molecular complexity index is 710. The summed E-state index contributed by atoms with van der Waals surface area (Å²) < 4.78 is 52.3. The van der Waals surface area contributed by atoms with Gasteiger partial charge in [0.05, 0.1) is 5.52 Å². The van der Waals surface area contributed by atoms with Gasteiger partial charge in [-0.1, -0.05) is 0 Å². The number of hydrogen-bond acceptors (Lipinski definition) is 5. The van der Waals surface area contributed by atoms with Crippen LogP contribution in [-0.2, 0) is 6.18 Å². The fraction of sp³-hybridized carbons (Fsp3) is 0.429. The van der Waals surface area contributed by atoms with Gasteiger partial charge in [0.1, 0.15) is 5.82 Å². The second kappa shape index (κ2) is 5.89. The Morgan fingerprint density at radius 2 is 1.78 bits per heavy atom. The van der Waals surface area contributed by atoms with E-state index in [1.807, 2.05) is 7.05 Å². The standard InChI is InChI=1S/C14H15F4N5/c1-22-4-6-23(7-5-22)21-12-10-8-9(15)2-3-11(10)19-13(20-12)14(16,17)18/h2-3,8H,4-7H2,1H3,(H,19,20,21). The van der Waals surface area contributed by atoms with Crippen LogP contribution in [0.25, 0.3) is 10.9 Å². The van der Waals surface area contributed by atoms with Crippen molar-refractivity contribution >= 4 is 16.7 Å². The summed E-state index contributed by atoms with van der Waals surface area (Å²) in [5.74, 6) is -1.83. The second-order valence-corrected chi connectivity index (χ2v) is 5.46. The summed E-state index contributed by atoms with van der Waals surface area (Å²) >= 11 is 0. The zero-order valence-corrected chi connectivity index (χ0v) is 12.4. The van der Waals surface area contributed by atoms with Crippen molar-refractivity contribution in [3.63, 3.8) is 0 Å². The molecule has 124 valence electrons. The normalized spacial score (nSPS) is 17.6. The third kappa shape index (κ3) is 3.50. The Morgan fingerprint density at radius 3 is 2.43 bits per heavy atom. The van der Waals surface area contributed by atoms with E-state index in [0.29, 0.717) is 13.1 Å². The van der Waals surface area contributed by atoms with Crippen molar-refractivity contribution in [3.05, 3.63) is 29.8 Å². The molecule has 0 spiro atoms. The topological polar surface area (TPSA) is 44.3 Å². The maximum atomic E-state index is 13.5. The summed E-state index contributed by atoms with van der Waals surface area (Å²) in [6.07, 6.45) is -4.67. The largest absolute Gasteiger partial charge is 0.451 e. The third-order valence-electron chi connectivity index (χ3n) is 3.68. The summed E-state index contributed by atoms with van der Waals surface area (Å²) in [6, 6.07) is 3.43. The van der Waals surface area contributed by atoms with Crippen LogP contribution in [0.15, 0.2) is 18.2 Å². The van der Waals surface area contributed by atoms with Crippen LogP contribution in [0.3, 0.4) is 0 Å². The molecule has 2 aromatic rings.